The lowest BCUT2D eigenvalue weighted by atomic mass is 9.65. The van der Waals surface area contributed by atoms with Gasteiger partial charge in [-0.1, -0.05) is 58.4 Å². The van der Waals surface area contributed by atoms with Crippen LogP contribution in [-0.4, -0.2) is 13.3 Å². The molecule has 1 aliphatic heterocycles. The van der Waals surface area contributed by atoms with Crippen LogP contribution in [0.25, 0.3) is 0 Å². The lowest BCUT2D eigenvalue weighted by Gasteiger charge is -2.47. The van der Waals surface area contributed by atoms with Gasteiger partial charge in [0.15, 0.2) is 0 Å². The number of hydrogen-bond acceptors (Lipinski definition) is 2. The number of anilines is 1. The van der Waals surface area contributed by atoms with E-state index in [-0.39, 0.29) is 12.0 Å². The third-order valence-corrected chi connectivity index (χ3v) is 6.07. The Balaban J connectivity index is 1.96. The third-order valence-electron chi connectivity index (χ3n) is 5.57. The normalized spacial score (nSPS) is 21.2. The molecule has 0 bridgehead atoms. The van der Waals surface area contributed by atoms with Gasteiger partial charge < -0.3 is 10.1 Å². The van der Waals surface area contributed by atoms with Crippen molar-refractivity contribution < 1.29 is 17.9 Å². The highest BCUT2D eigenvalue weighted by Gasteiger charge is 2.62. The van der Waals surface area contributed by atoms with Crippen molar-refractivity contribution in [3.63, 3.8) is 0 Å². The maximum atomic E-state index is 14.9. The fourth-order valence-electron chi connectivity index (χ4n) is 4.13. The van der Waals surface area contributed by atoms with E-state index >= 15 is 0 Å². The average Bonchev–Trinajstić information content (AvgIpc) is 2.72. The number of ether oxygens (including phenoxy) is 1. The van der Waals surface area contributed by atoms with Gasteiger partial charge in [-0.25, -0.2) is 0 Å². The van der Waals surface area contributed by atoms with E-state index in [0.29, 0.717) is 22.6 Å². The molecule has 4 rings (SSSR count). The summed E-state index contributed by atoms with van der Waals surface area (Å²) in [7, 11) is 1.53. The molecule has 0 saturated carbocycles. The Kier molecular flexibility index (Phi) is 5.07. The van der Waals surface area contributed by atoms with Crippen molar-refractivity contribution in [3.05, 3.63) is 94.0 Å². The summed E-state index contributed by atoms with van der Waals surface area (Å²) >= 11 is 3.39. The number of fused-ring (bicyclic) bond motifs is 1. The fraction of sp³-hybridized carbons (Fsp3) is 0.217. The average molecular weight is 462 g/mol. The summed E-state index contributed by atoms with van der Waals surface area (Å²) in [6.07, 6.45) is -4.63. The first-order valence-electron chi connectivity index (χ1n) is 9.16. The third kappa shape index (κ3) is 3.39. The molecule has 0 spiro atoms. The van der Waals surface area contributed by atoms with Crippen LogP contribution >= 0.6 is 15.9 Å². The highest BCUT2D eigenvalue weighted by atomic mass is 79.9. The molecule has 0 radical (unpaired) electrons. The molecule has 1 unspecified atom stereocenters. The van der Waals surface area contributed by atoms with Gasteiger partial charge in [-0.2, -0.15) is 13.2 Å². The van der Waals surface area contributed by atoms with Crippen LogP contribution < -0.4 is 10.1 Å². The van der Waals surface area contributed by atoms with E-state index < -0.39 is 17.6 Å². The largest absolute Gasteiger partial charge is 0.497 e. The number of halogens is 4. The summed E-state index contributed by atoms with van der Waals surface area (Å²) in [5.41, 5.74) is 0.0264. The molecule has 1 aliphatic rings. The minimum Gasteiger partial charge on any atom is -0.497 e. The summed E-state index contributed by atoms with van der Waals surface area (Å²) < 4.78 is 50.6. The van der Waals surface area contributed by atoms with Gasteiger partial charge in [0.1, 0.15) is 11.2 Å². The molecule has 0 aromatic heterocycles. The fourth-order valence-corrected chi connectivity index (χ4v) is 4.54. The van der Waals surface area contributed by atoms with Gasteiger partial charge in [0.25, 0.3) is 0 Å². The Morgan fingerprint density at radius 1 is 1.00 bits per heavy atom. The van der Waals surface area contributed by atoms with Crippen molar-refractivity contribution in [1.82, 2.24) is 0 Å². The van der Waals surface area contributed by atoms with Crippen LogP contribution in [0.4, 0.5) is 18.9 Å². The van der Waals surface area contributed by atoms with Gasteiger partial charge in [0, 0.05) is 10.2 Å². The zero-order chi connectivity index (χ0) is 20.6. The second kappa shape index (κ2) is 7.41. The second-order valence-corrected chi connectivity index (χ2v) is 8.08. The van der Waals surface area contributed by atoms with Crippen LogP contribution in [0.1, 0.15) is 22.7 Å². The molecule has 0 amide bonds. The summed E-state index contributed by atoms with van der Waals surface area (Å²) in [5, 5.41) is 3.19. The smallest absolute Gasteiger partial charge is 0.401 e. The number of methoxy groups -OCH3 is 1. The summed E-state index contributed by atoms with van der Waals surface area (Å²) in [6, 6.07) is 19.4. The lowest BCUT2D eigenvalue weighted by Crippen LogP contribution is -2.53. The van der Waals surface area contributed by atoms with Gasteiger partial charge in [0.05, 0.1) is 13.2 Å². The van der Waals surface area contributed by atoms with E-state index in [1.54, 1.807) is 60.7 Å². The van der Waals surface area contributed by atoms with Gasteiger partial charge in [0.2, 0.25) is 0 Å². The molecule has 6 heteroatoms. The zero-order valence-corrected chi connectivity index (χ0v) is 17.2. The molecular formula is C23H19BrF3NO. The Hall–Kier alpha value is -2.47. The molecule has 0 aliphatic carbocycles. The molecule has 1 N–H and O–H groups in total. The van der Waals surface area contributed by atoms with E-state index in [2.05, 4.69) is 21.2 Å². The molecule has 0 fully saturated rings. The number of rotatable bonds is 3. The zero-order valence-electron chi connectivity index (χ0n) is 15.6. The van der Waals surface area contributed by atoms with Gasteiger partial charge in [-0.3, -0.25) is 0 Å². The van der Waals surface area contributed by atoms with Crippen LogP contribution in [0.15, 0.2) is 77.3 Å². The minimum atomic E-state index is -4.48. The SMILES string of the molecule is COc1ccc(C2Nc3ccc(Br)cc3C[C@]2(c2ccccc2)C(F)(F)F)cc1. The highest BCUT2D eigenvalue weighted by Crippen LogP contribution is 2.56. The Bertz CT molecular complexity index is 1000. The van der Waals surface area contributed by atoms with E-state index in [1.807, 2.05) is 12.1 Å². The molecule has 0 saturated heterocycles. The van der Waals surface area contributed by atoms with Crippen LogP contribution in [0.2, 0.25) is 0 Å². The standard InChI is InChI=1S/C23H19BrF3NO/c1-29-19-10-7-15(8-11-19)21-22(23(25,26)27,17-5-3-2-4-6-17)14-16-13-18(24)9-12-20(16)28-21/h2-13,21,28H,14H2,1H3/t21?,22-/m1/s1. The first-order chi connectivity index (χ1) is 13.8. The molecule has 3 aromatic carbocycles. The number of alkyl halides is 3. The van der Waals surface area contributed by atoms with Crippen molar-refractivity contribution in [2.45, 2.75) is 24.1 Å². The summed E-state index contributed by atoms with van der Waals surface area (Å²) in [4.78, 5) is 0. The quantitative estimate of drug-likeness (QED) is 0.470. The van der Waals surface area contributed by atoms with E-state index in [4.69, 9.17) is 4.74 Å². The van der Waals surface area contributed by atoms with Crippen LogP contribution in [0.3, 0.4) is 0 Å². The Morgan fingerprint density at radius 2 is 1.69 bits per heavy atom. The molecule has 150 valence electrons. The van der Waals surface area contributed by atoms with Gasteiger partial charge in [-0.05, 0) is 53.4 Å². The molecule has 29 heavy (non-hydrogen) atoms. The van der Waals surface area contributed by atoms with Gasteiger partial charge >= 0.3 is 6.18 Å². The van der Waals surface area contributed by atoms with Crippen LogP contribution in [0.5, 0.6) is 5.75 Å². The minimum absolute atomic E-state index is 0.154. The molecule has 3 aromatic rings. The Labute approximate surface area is 175 Å². The first kappa shape index (κ1) is 19.8. The predicted molar refractivity (Wildman–Crippen MR) is 111 cm³/mol. The molecule has 2 atom stereocenters. The number of hydrogen-bond donors (Lipinski definition) is 1. The van der Waals surface area contributed by atoms with Crippen molar-refractivity contribution in [1.29, 1.82) is 0 Å². The molecular weight excluding hydrogens is 443 g/mol. The first-order valence-corrected chi connectivity index (χ1v) is 9.95. The topological polar surface area (TPSA) is 21.3 Å². The van der Waals surface area contributed by atoms with Crippen molar-refractivity contribution in [2.24, 2.45) is 0 Å². The van der Waals surface area contributed by atoms with Crippen molar-refractivity contribution in [2.75, 3.05) is 12.4 Å². The highest BCUT2D eigenvalue weighted by molar-refractivity contribution is 9.10. The summed E-state index contributed by atoms with van der Waals surface area (Å²) in [6.45, 7) is 0. The van der Waals surface area contributed by atoms with Crippen LogP contribution in [-0.2, 0) is 11.8 Å². The van der Waals surface area contributed by atoms with E-state index in [1.165, 1.54) is 7.11 Å². The maximum Gasteiger partial charge on any atom is 0.401 e. The number of benzene rings is 3. The second-order valence-electron chi connectivity index (χ2n) is 7.16. The summed E-state index contributed by atoms with van der Waals surface area (Å²) in [5.74, 6) is 0.603. The van der Waals surface area contributed by atoms with Crippen LogP contribution in [0, 0.1) is 0 Å². The molecule has 1 heterocycles. The Morgan fingerprint density at radius 3 is 2.31 bits per heavy atom. The monoisotopic (exact) mass is 461 g/mol. The maximum absolute atomic E-state index is 14.9. The van der Waals surface area contributed by atoms with Crippen molar-refractivity contribution in [3.8, 4) is 5.75 Å². The van der Waals surface area contributed by atoms with E-state index in [9.17, 15) is 13.2 Å². The van der Waals surface area contributed by atoms with Gasteiger partial charge in [-0.15, -0.1) is 0 Å². The molecule has 2 nitrogen and oxygen atoms in total. The van der Waals surface area contributed by atoms with Crippen molar-refractivity contribution >= 4 is 21.6 Å². The lowest BCUT2D eigenvalue weighted by molar-refractivity contribution is -0.197. The predicted octanol–water partition coefficient (Wildman–Crippen LogP) is 6.67. The number of nitrogens with one attached hydrogen (secondary N) is 1. The van der Waals surface area contributed by atoms with E-state index in [0.717, 1.165) is 4.47 Å².